The van der Waals surface area contributed by atoms with Crippen molar-refractivity contribution in [1.82, 2.24) is 4.90 Å². The van der Waals surface area contributed by atoms with Crippen LogP contribution in [0.3, 0.4) is 0 Å². The van der Waals surface area contributed by atoms with E-state index in [2.05, 4.69) is 77.7 Å². The van der Waals surface area contributed by atoms with Crippen molar-refractivity contribution >= 4 is 5.69 Å². The van der Waals surface area contributed by atoms with Crippen LogP contribution in [0.25, 0.3) is 0 Å². The van der Waals surface area contributed by atoms with E-state index < -0.39 is 0 Å². The molecule has 116 valence electrons. The van der Waals surface area contributed by atoms with E-state index in [4.69, 9.17) is 5.73 Å². The van der Waals surface area contributed by atoms with Gasteiger partial charge in [-0.25, -0.2) is 0 Å². The van der Waals surface area contributed by atoms with Crippen molar-refractivity contribution in [3.63, 3.8) is 0 Å². The predicted octanol–water partition coefficient (Wildman–Crippen LogP) is 4.47. The number of rotatable bonds is 6. The van der Waals surface area contributed by atoms with E-state index in [1.54, 1.807) is 0 Å². The average Bonchev–Trinajstić information content (AvgIpc) is 2.59. The van der Waals surface area contributed by atoms with Gasteiger partial charge < -0.3 is 5.73 Å². The Labute approximate surface area is 138 Å². The molecular weight excluding hydrogens is 280 g/mol. The highest BCUT2D eigenvalue weighted by Crippen LogP contribution is 2.17. The molecule has 3 rings (SSSR count). The van der Waals surface area contributed by atoms with Crippen LogP contribution in [0.4, 0.5) is 5.69 Å². The first-order valence-electron chi connectivity index (χ1n) is 7.95. The van der Waals surface area contributed by atoms with Gasteiger partial charge in [0.25, 0.3) is 0 Å². The van der Waals surface area contributed by atoms with Crippen LogP contribution in [0.2, 0.25) is 0 Å². The molecule has 0 bridgehead atoms. The minimum atomic E-state index is 0.844. The smallest absolute Gasteiger partial charge is 0.0359 e. The lowest BCUT2D eigenvalue weighted by atomic mass is 10.1. The van der Waals surface area contributed by atoms with Crippen molar-refractivity contribution in [2.45, 2.75) is 19.6 Å². The van der Waals surface area contributed by atoms with E-state index in [9.17, 15) is 0 Å². The molecule has 0 unspecified atom stereocenters. The SMILES string of the molecule is Nc1ccccc1CN(Cc1ccccc1)Cc1ccccc1. The summed E-state index contributed by atoms with van der Waals surface area (Å²) in [5.74, 6) is 0. The van der Waals surface area contributed by atoms with Gasteiger partial charge in [-0.05, 0) is 22.8 Å². The minimum Gasteiger partial charge on any atom is -0.398 e. The molecule has 0 heterocycles. The molecule has 0 aliphatic carbocycles. The second-order valence-electron chi connectivity index (χ2n) is 5.82. The Hall–Kier alpha value is -2.58. The Morgan fingerprint density at radius 2 is 1.04 bits per heavy atom. The number of para-hydroxylation sites is 1. The Balaban J connectivity index is 1.79. The standard InChI is InChI=1S/C21H22N2/c22-21-14-8-7-13-20(21)17-23(15-18-9-3-1-4-10-18)16-19-11-5-2-6-12-19/h1-14H,15-17,22H2. The third-order valence-electron chi connectivity index (χ3n) is 3.95. The number of nitrogens with zero attached hydrogens (tertiary/aromatic N) is 1. The summed E-state index contributed by atoms with van der Waals surface area (Å²) in [6, 6.07) is 29.3. The number of nitrogen functional groups attached to an aromatic ring is 1. The maximum Gasteiger partial charge on any atom is 0.0359 e. The first-order valence-corrected chi connectivity index (χ1v) is 7.95. The highest BCUT2D eigenvalue weighted by Gasteiger charge is 2.09. The summed E-state index contributed by atoms with van der Waals surface area (Å²) < 4.78 is 0. The molecule has 0 aliphatic heterocycles. The summed E-state index contributed by atoms with van der Waals surface area (Å²) in [5.41, 5.74) is 10.8. The van der Waals surface area contributed by atoms with Gasteiger partial charge in [0.05, 0.1) is 0 Å². The molecule has 0 saturated heterocycles. The molecule has 3 aromatic rings. The number of benzene rings is 3. The summed E-state index contributed by atoms with van der Waals surface area (Å²) >= 11 is 0. The zero-order valence-electron chi connectivity index (χ0n) is 13.2. The third-order valence-corrected chi connectivity index (χ3v) is 3.95. The number of nitrogens with two attached hydrogens (primary N) is 1. The number of hydrogen-bond acceptors (Lipinski definition) is 2. The Bertz CT molecular complexity index is 682. The lowest BCUT2D eigenvalue weighted by Crippen LogP contribution is -2.23. The molecule has 3 aromatic carbocycles. The Morgan fingerprint density at radius 3 is 1.57 bits per heavy atom. The van der Waals surface area contributed by atoms with E-state index >= 15 is 0 Å². The minimum absolute atomic E-state index is 0.844. The Kier molecular flexibility index (Phi) is 5.07. The van der Waals surface area contributed by atoms with Crippen molar-refractivity contribution in [3.8, 4) is 0 Å². The lowest BCUT2D eigenvalue weighted by molar-refractivity contribution is 0.248. The van der Waals surface area contributed by atoms with E-state index in [1.165, 1.54) is 16.7 Å². The van der Waals surface area contributed by atoms with Gasteiger partial charge in [-0.1, -0.05) is 78.9 Å². The number of anilines is 1. The molecule has 0 fully saturated rings. The largest absolute Gasteiger partial charge is 0.398 e. The second kappa shape index (κ2) is 7.61. The molecular formula is C21H22N2. The van der Waals surface area contributed by atoms with Crippen LogP contribution in [0.15, 0.2) is 84.9 Å². The van der Waals surface area contributed by atoms with Crippen LogP contribution in [-0.2, 0) is 19.6 Å². The van der Waals surface area contributed by atoms with Crippen LogP contribution in [0.1, 0.15) is 16.7 Å². The highest BCUT2D eigenvalue weighted by atomic mass is 15.1. The van der Waals surface area contributed by atoms with Crippen molar-refractivity contribution in [1.29, 1.82) is 0 Å². The van der Waals surface area contributed by atoms with E-state index in [-0.39, 0.29) is 0 Å². The van der Waals surface area contributed by atoms with Crippen LogP contribution < -0.4 is 5.73 Å². The van der Waals surface area contributed by atoms with Crippen LogP contribution >= 0.6 is 0 Å². The molecule has 0 saturated carbocycles. The maximum atomic E-state index is 6.13. The van der Waals surface area contributed by atoms with Crippen molar-refractivity contribution in [2.24, 2.45) is 0 Å². The second-order valence-corrected chi connectivity index (χ2v) is 5.82. The van der Waals surface area contributed by atoms with E-state index in [0.29, 0.717) is 0 Å². The number of hydrogen-bond donors (Lipinski definition) is 1. The van der Waals surface area contributed by atoms with E-state index in [0.717, 1.165) is 25.3 Å². The van der Waals surface area contributed by atoms with Crippen LogP contribution in [0.5, 0.6) is 0 Å². The molecule has 0 amide bonds. The summed E-state index contributed by atoms with van der Waals surface area (Å²) in [5, 5.41) is 0. The van der Waals surface area contributed by atoms with Gasteiger partial charge in [-0.3, -0.25) is 4.90 Å². The fourth-order valence-corrected chi connectivity index (χ4v) is 2.77. The van der Waals surface area contributed by atoms with Gasteiger partial charge in [0.2, 0.25) is 0 Å². The Morgan fingerprint density at radius 1 is 0.565 bits per heavy atom. The van der Waals surface area contributed by atoms with Gasteiger partial charge in [0.15, 0.2) is 0 Å². The van der Waals surface area contributed by atoms with Crippen molar-refractivity contribution in [3.05, 3.63) is 102 Å². The summed E-state index contributed by atoms with van der Waals surface area (Å²) in [6.07, 6.45) is 0. The fraction of sp³-hybridized carbons (Fsp3) is 0.143. The molecule has 0 spiro atoms. The zero-order valence-corrected chi connectivity index (χ0v) is 13.2. The van der Waals surface area contributed by atoms with Gasteiger partial charge in [-0.2, -0.15) is 0 Å². The fourth-order valence-electron chi connectivity index (χ4n) is 2.77. The first kappa shape index (κ1) is 15.3. The molecule has 0 radical (unpaired) electrons. The van der Waals surface area contributed by atoms with Crippen LogP contribution in [-0.4, -0.2) is 4.90 Å². The third kappa shape index (κ3) is 4.44. The van der Waals surface area contributed by atoms with Gasteiger partial charge in [0.1, 0.15) is 0 Å². The highest BCUT2D eigenvalue weighted by molar-refractivity contribution is 5.46. The van der Waals surface area contributed by atoms with Gasteiger partial charge in [-0.15, -0.1) is 0 Å². The molecule has 0 aromatic heterocycles. The molecule has 2 nitrogen and oxygen atoms in total. The maximum absolute atomic E-state index is 6.13. The molecule has 23 heavy (non-hydrogen) atoms. The summed E-state index contributed by atoms with van der Waals surface area (Å²) in [6.45, 7) is 2.66. The molecule has 2 N–H and O–H groups in total. The summed E-state index contributed by atoms with van der Waals surface area (Å²) in [4.78, 5) is 2.43. The van der Waals surface area contributed by atoms with Crippen LogP contribution in [0, 0.1) is 0 Å². The lowest BCUT2D eigenvalue weighted by Gasteiger charge is -2.23. The zero-order chi connectivity index (χ0) is 15.9. The quantitative estimate of drug-likeness (QED) is 0.681. The molecule has 0 atom stereocenters. The van der Waals surface area contributed by atoms with E-state index in [1.807, 2.05) is 12.1 Å². The van der Waals surface area contributed by atoms with Crippen molar-refractivity contribution in [2.75, 3.05) is 5.73 Å². The first-order chi connectivity index (χ1) is 11.3. The molecule has 2 heteroatoms. The molecule has 0 aliphatic rings. The normalized spacial score (nSPS) is 10.8. The van der Waals surface area contributed by atoms with Gasteiger partial charge in [0, 0.05) is 25.3 Å². The van der Waals surface area contributed by atoms with Gasteiger partial charge >= 0.3 is 0 Å². The van der Waals surface area contributed by atoms with Crippen molar-refractivity contribution < 1.29 is 0 Å². The topological polar surface area (TPSA) is 29.3 Å². The average molecular weight is 302 g/mol. The summed E-state index contributed by atoms with van der Waals surface area (Å²) in [7, 11) is 0. The monoisotopic (exact) mass is 302 g/mol. The predicted molar refractivity (Wildman–Crippen MR) is 96.7 cm³/mol.